The third-order valence-corrected chi connectivity index (χ3v) is 3.87. The molecule has 0 heterocycles. The molecular formula is C12H19IN2O. The fraction of sp³-hybridized carbons (Fsp3) is 0.500. The molecule has 16 heavy (non-hydrogen) atoms. The Morgan fingerprint density at radius 3 is 2.69 bits per heavy atom. The second-order valence-electron chi connectivity index (χ2n) is 4.08. The Morgan fingerprint density at radius 2 is 2.12 bits per heavy atom. The van der Waals surface area contributed by atoms with Crippen LogP contribution in [0, 0.1) is 10.5 Å². The number of ether oxygens (including phenoxy) is 1. The quantitative estimate of drug-likeness (QED) is 0.494. The van der Waals surface area contributed by atoms with Crippen LogP contribution in [0.5, 0.6) is 0 Å². The van der Waals surface area contributed by atoms with Gasteiger partial charge in [0, 0.05) is 3.57 Å². The molecule has 1 aromatic carbocycles. The highest BCUT2D eigenvalue weighted by atomic mass is 127. The van der Waals surface area contributed by atoms with E-state index in [1.807, 2.05) is 19.9 Å². The van der Waals surface area contributed by atoms with Gasteiger partial charge < -0.3 is 4.74 Å². The average Bonchev–Trinajstić information content (AvgIpc) is 2.24. The third kappa shape index (κ3) is 3.69. The number of nitrogens with one attached hydrogen (secondary N) is 1. The van der Waals surface area contributed by atoms with Gasteiger partial charge in [-0.3, -0.25) is 11.3 Å². The van der Waals surface area contributed by atoms with Crippen LogP contribution in [0.3, 0.4) is 0 Å². The third-order valence-electron chi connectivity index (χ3n) is 2.39. The van der Waals surface area contributed by atoms with E-state index in [9.17, 15) is 0 Å². The van der Waals surface area contributed by atoms with E-state index in [-0.39, 0.29) is 12.1 Å². The maximum Gasteiger partial charge on any atom is 0.0704 e. The topological polar surface area (TPSA) is 47.3 Å². The fourth-order valence-corrected chi connectivity index (χ4v) is 2.19. The number of benzene rings is 1. The first kappa shape index (κ1) is 13.9. The minimum atomic E-state index is 0.0502. The summed E-state index contributed by atoms with van der Waals surface area (Å²) in [6.07, 6.45) is 0.221. The summed E-state index contributed by atoms with van der Waals surface area (Å²) in [6, 6.07) is 6.28. The minimum Gasteiger partial charge on any atom is -0.377 e. The molecule has 1 atom stereocenters. The molecule has 0 aliphatic carbocycles. The van der Waals surface area contributed by atoms with Crippen LogP contribution in [0.1, 0.15) is 31.0 Å². The summed E-state index contributed by atoms with van der Waals surface area (Å²) in [7, 11) is 0. The minimum absolute atomic E-state index is 0.0502. The summed E-state index contributed by atoms with van der Waals surface area (Å²) in [6.45, 7) is 6.74. The van der Waals surface area contributed by atoms with Gasteiger partial charge in [0.05, 0.1) is 18.8 Å². The molecule has 0 spiro atoms. The molecule has 90 valence electrons. The number of halogens is 1. The van der Waals surface area contributed by atoms with Crippen LogP contribution in [0.15, 0.2) is 18.2 Å². The molecule has 0 radical (unpaired) electrons. The molecular weight excluding hydrogens is 315 g/mol. The van der Waals surface area contributed by atoms with Crippen molar-refractivity contribution in [3.05, 3.63) is 32.9 Å². The van der Waals surface area contributed by atoms with Crippen LogP contribution >= 0.6 is 22.6 Å². The maximum atomic E-state index is 5.60. The Hall–Kier alpha value is -0.170. The molecule has 3 nitrogen and oxygen atoms in total. The predicted molar refractivity (Wildman–Crippen MR) is 75.0 cm³/mol. The summed E-state index contributed by atoms with van der Waals surface area (Å²) >= 11 is 2.35. The van der Waals surface area contributed by atoms with Crippen molar-refractivity contribution in [1.82, 2.24) is 5.43 Å². The van der Waals surface area contributed by atoms with E-state index in [1.165, 1.54) is 14.7 Å². The molecule has 0 aliphatic heterocycles. The number of hydrogen-bond acceptors (Lipinski definition) is 3. The van der Waals surface area contributed by atoms with Crippen LogP contribution in [-0.2, 0) is 4.74 Å². The van der Waals surface area contributed by atoms with Crippen LogP contribution in [0.2, 0.25) is 0 Å². The van der Waals surface area contributed by atoms with E-state index < -0.39 is 0 Å². The maximum absolute atomic E-state index is 5.60. The number of nitrogens with two attached hydrogens (primary N) is 1. The van der Waals surface area contributed by atoms with Crippen molar-refractivity contribution in [2.75, 3.05) is 6.61 Å². The van der Waals surface area contributed by atoms with Crippen LogP contribution in [-0.4, -0.2) is 12.7 Å². The monoisotopic (exact) mass is 334 g/mol. The second-order valence-corrected chi connectivity index (χ2v) is 5.16. The highest BCUT2D eigenvalue weighted by Crippen LogP contribution is 2.23. The van der Waals surface area contributed by atoms with Gasteiger partial charge in [-0.1, -0.05) is 18.2 Å². The number of hydrogen-bond donors (Lipinski definition) is 2. The smallest absolute Gasteiger partial charge is 0.0704 e. The van der Waals surface area contributed by atoms with Crippen molar-refractivity contribution < 1.29 is 4.74 Å². The average molecular weight is 334 g/mol. The van der Waals surface area contributed by atoms with E-state index in [2.05, 4.69) is 47.1 Å². The number of rotatable bonds is 5. The van der Waals surface area contributed by atoms with Gasteiger partial charge in [-0.2, -0.15) is 0 Å². The molecule has 0 fully saturated rings. The summed E-state index contributed by atoms with van der Waals surface area (Å²) in [4.78, 5) is 0. The first-order valence-corrected chi connectivity index (χ1v) is 6.47. The van der Waals surface area contributed by atoms with E-state index in [1.54, 1.807) is 0 Å². The number of hydrazine groups is 1. The lowest BCUT2D eigenvalue weighted by molar-refractivity contribution is 0.0610. The Bertz CT molecular complexity index is 342. The summed E-state index contributed by atoms with van der Waals surface area (Å²) < 4.78 is 6.84. The molecule has 0 saturated carbocycles. The molecule has 3 N–H and O–H groups in total. The van der Waals surface area contributed by atoms with Gasteiger partial charge in [-0.05, 0) is 54.5 Å². The van der Waals surface area contributed by atoms with Crippen LogP contribution in [0.25, 0.3) is 0 Å². The van der Waals surface area contributed by atoms with Gasteiger partial charge in [0.15, 0.2) is 0 Å². The van der Waals surface area contributed by atoms with Gasteiger partial charge in [0.25, 0.3) is 0 Å². The summed E-state index contributed by atoms with van der Waals surface area (Å²) in [5, 5.41) is 0. The molecule has 4 heteroatoms. The number of aryl methyl sites for hydroxylation is 1. The van der Waals surface area contributed by atoms with E-state index in [4.69, 9.17) is 10.6 Å². The van der Waals surface area contributed by atoms with Gasteiger partial charge >= 0.3 is 0 Å². The predicted octanol–water partition coefficient (Wildman–Crippen LogP) is 2.53. The lowest BCUT2D eigenvalue weighted by Crippen LogP contribution is -2.32. The molecule has 0 bridgehead atoms. The van der Waals surface area contributed by atoms with Crippen molar-refractivity contribution in [2.45, 2.75) is 32.9 Å². The molecule has 1 unspecified atom stereocenters. The Balaban J connectivity index is 2.82. The van der Waals surface area contributed by atoms with Gasteiger partial charge in [-0.15, -0.1) is 0 Å². The molecule has 0 aliphatic rings. The summed E-state index contributed by atoms with van der Waals surface area (Å²) in [5.41, 5.74) is 5.28. The standard InChI is InChI=1S/C12H19IN2O/c1-8(2)16-7-11(15-14)10-6-4-5-9(3)12(10)13/h4-6,8,11,15H,7,14H2,1-3H3. The van der Waals surface area contributed by atoms with Crippen molar-refractivity contribution in [3.63, 3.8) is 0 Å². The molecule has 1 aromatic rings. The highest BCUT2D eigenvalue weighted by molar-refractivity contribution is 14.1. The lowest BCUT2D eigenvalue weighted by atomic mass is 10.1. The van der Waals surface area contributed by atoms with Crippen LogP contribution < -0.4 is 11.3 Å². The van der Waals surface area contributed by atoms with Crippen molar-refractivity contribution in [3.8, 4) is 0 Å². The van der Waals surface area contributed by atoms with Gasteiger partial charge in [0.1, 0.15) is 0 Å². The van der Waals surface area contributed by atoms with Crippen molar-refractivity contribution in [1.29, 1.82) is 0 Å². The van der Waals surface area contributed by atoms with Crippen molar-refractivity contribution >= 4 is 22.6 Å². The van der Waals surface area contributed by atoms with Crippen LogP contribution in [0.4, 0.5) is 0 Å². The first-order chi connectivity index (χ1) is 7.56. The van der Waals surface area contributed by atoms with Crippen molar-refractivity contribution in [2.24, 2.45) is 5.84 Å². The first-order valence-electron chi connectivity index (χ1n) is 5.39. The Kier molecular flexibility index (Phi) is 5.68. The lowest BCUT2D eigenvalue weighted by Gasteiger charge is -2.20. The zero-order valence-corrected chi connectivity index (χ0v) is 12.1. The van der Waals surface area contributed by atoms with E-state index in [0.29, 0.717) is 6.61 Å². The zero-order valence-electron chi connectivity index (χ0n) is 9.96. The molecule has 0 amide bonds. The molecule has 1 rings (SSSR count). The molecule has 0 saturated heterocycles. The highest BCUT2D eigenvalue weighted by Gasteiger charge is 2.14. The van der Waals surface area contributed by atoms with Gasteiger partial charge in [-0.25, -0.2) is 0 Å². The van der Waals surface area contributed by atoms with E-state index >= 15 is 0 Å². The normalized spacial score (nSPS) is 13.1. The second kappa shape index (κ2) is 6.54. The largest absolute Gasteiger partial charge is 0.377 e. The van der Waals surface area contributed by atoms with E-state index in [0.717, 1.165) is 0 Å². The SMILES string of the molecule is Cc1cccc(C(COC(C)C)NN)c1I. The van der Waals surface area contributed by atoms with Gasteiger partial charge in [0.2, 0.25) is 0 Å². The zero-order chi connectivity index (χ0) is 12.1. The Labute approximate surface area is 111 Å². The summed E-state index contributed by atoms with van der Waals surface area (Å²) in [5.74, 6) is 5.58. The molecule has 0 aromatic heterocycles. The fourth-order valence-electron chi connectivity index (χ4n) is 1.46. The Morgan fingerprint density at radius 1 is 1.44 bits per heavy atom.